The predicted octanol–water partition coefficient (Wildman–Crippen LogP) is 2.65. The first kappa shape index (κ1) is 16.5. The molecule has 2 atom stereocenters. The number of nitro groups is 1. The van der Waals surface area contributed by atoms with Crippen LogP contribution in [-0.2, 0) is 4.79 Å². The number of anilines is 1. The maximum atomic E-state index is 12.5. The van der Waals surface area contributed by atoms with Gasteiger partial charge in [0.1, 0.15) is 17.5 Å². The number of rotatable bonds is 6. The zero-order valence-electron chi connectivity index (χ0n) is 13.4. The quantitative estimate of drug-likeness (QED) is 0.459. The number of benzene rings is 2. The Morgan fingerprint density at radius 2 is 1.76 bits per heavy atom. The number of carbonyl (C=O) groups excluding carboxylic acids is 1. The van der Waals surface area contributed by atoms with Crippen molar-refractivity contribution >= 4 is 11.6 Å². The van der Waals surface area contributed by atoms with Gasteiger partial charge >= 0.3 is 0 Å². The molecule has 0 unspecified atom stereocenters. The molecule has 0 radical (unpaired) electrons. The van der Waals surface area contributed by atoms with Crippen LogP contribution in [0.2, 0.25) is 0 Å². The Morgan fingerprint density at radius 1 is 1.08 bits per heavy atom. The highest BCUT2D eigenvalue weighted by molar-refractivity contribution is 6.05. The minimum atomic E-state index is -0.805. The van der Waals surface area contributed by atoms with Gasteiger partial charge in [-0.05, 0) is 36.4 Å². The average molecular weight is 340 g/mol. The Labute approximate surface area is 144 Å². The summed E-state index contributed by atoms with van der Waals surface area (Å²) in [6.45, 7) is 0. The second-order valence-electron chi connectivity index (χ2n) is 5.38. The van der Waals surface area contributed by atoms with Gasteiger partial charge in [-0.2, -0.15) is 0 Å². The Kier molecular flexibility index (Phi) is 4.65. The van der Waals surface area contributed by atoms with Crippen LogP contribution < -0.4 is 14.4 Å². The first-order chi connectivity index (χ1) is 12.1. The molecule has 0 saturated carbocycles. The zero-order chi connectivity index (χ0) is 17.8. The van der Waals surface area contributed by atoms with Gasteiger partial charge in [0.2, 0.25) is 12.3 Å². The molecule has 1 aliphatic rings. The van der Waals surface area contributed by atoms with E-state index in [-0.39, 0.29) is 5.91 Å². The van der Waals surface area contributed by atoms with E-state index in [1.54, 1.807) is 55.6 Å². The minimum absolute atomic E-state index is 0.257. The van der Waals surface area contributed by atoms with Crippen molar-refractivity contribution in [2.45, 2.75) is 12.1 Å². The van der Waals surface area contributed by atoms with Crippen LogP contribution in [0.25, 0.3) is 0 Å². The molecule has 128 valence electrons. The smallest absolute Gasteiger partial charge is 0.271 e. The molecule has 25 heavy (non-hydrogen) atoms. The summed E-state index contributed by atoms with van der Waals surface area (Å²) >= 11 is 0. The van der Waals surface area contributed by atoms with Crippen LogP contribution in [-0.4, -0.2) is 30.1 Å². The number of hydrogen-bond acceptors (Lipinski definition) is 5. The summed E-state index contributed by atoms with van der Waals surface area (Å²) in [5.41, 5.74) is 0.622. The van der Waals surface area contributed by atoms with Crippen molar-refractivity contribution in [1.82, 2.24) is 0 Å². The Balaban J connectivity index is 1.84. The number of methoxy groups -OCH3 is 1. The third-order valence-electron chi connectivity index (χ3n) is 3.85. The molecule has 1 amide bonds. The summed E-state index contributed by atoms with van der Waals surface area (Å²) < 4.78 is 10.8. The van der Waals surface area contributed by atoms with E-state index in [9.17, 15) is 14.9 Å². The molecule has 7 heteroatoms. The van der Waals surface area contributed by atoms with Crippen molar-refractivity contribution in [3.05, 3.63) is 77.0 Å². The highest BCUT2D eigenvalue weighted by Crippen LogP contribution is 2.33. The van der Waals surface area contributed by atoms with Crippen LogP contribution in [0.1, 0.15) is 0 Å². The predicted molar refractivity (Wildman–Crippen MR) is 91.3 cm³/mol. The first-order valence-electron chi connectivity index (χ1n) is 7.61. The van der Waals surface area contributed by atoms with Crippen LogP contribution >= 0.6 is 0 Å². The van der Waals surface area contributed by atoms with Crippen LogP contribution in [0.5, 0.6) is 11.5 Å². The minimum Gasteiger partial charge on any atom is -0.497 e. The summed E-state index contributed by atoms with van der Waals surface area (Å²) in [7, 11) is 1.55. The molecule has 1 heterocycles. The fourth-order valence-electron chi connectivity index (χ4n) is 2.64. The lowest BCUT2D eigenvalue weighted by molar-refractivity contribution is -0.402. The molecule has 3 rings (SSSR count). The molecule has 7 nitrogen and oxygen atoms in total. The summed E-state index contributed by atoms with van der Waals surface area (Å²) in [5.74, 6) is 0.938. The van der Waals surface area contributed by atoms with Crippen LogP contribution in [0, 0.1) is 10.1 Å². The normalized spacial score (nSPS) is 19.6. The van der Waals surface area contributed by atoms with Crippen molar-refractivity contribution in [1.29, 1.82) is 0 Å². The molecule has 2 aromatic rings. The van der Waals surface area contributed by atoms with Gasteiger partial charge < -0.3 is 9.47 Å². The van der Waals surface area contributed by atoms with Crippen LogP contribution in [0.3, 0.4) is 0 Å². The highest BCUT2D eigenvalue weighted by Gasteiger charge is 2.49. The van der Waals surface area contributed by atoms with Crippen molar-refractivity contribution in [3.63, 3.8) is 0 Å². The third kappa shape index (κ3) is 3.45. The van der Waals surface area contributed by atoms with Crippen molar-refractivity contribution in [2.24, 2.45) is 0 Å². The maximum Gasteiger partial charge on any atom is 0.271 e. The highest BCUT2D eigenvalue weighted by atomic mass is 16.6. The molecule has 0 aromatic heterocycles. The summed E-state index contributed by atoms with van der Waals surface area (Å²) in [6, 6.07) is 15.2. The number of para-hydroxylation sites is 1. The number of hydrogen-bond donors (Lipinski definition) is 0. The fraction of sp³-hybridized carbons (Fsp3) is 0.167. The number of ether oxygens (including phenoxy) is 2. The largest absolute Gasteiger partial charge is 0.497 e. The van der Waals surface area contributed by atoms with Crippen LogP contribution in [0.4, 0.5) is 5.69 Å². The zero-order valence-corrected chi connectivity index (χ0v) is 13.4. The average Bonchev–Trinajstić information content (AvgIpc) is 2.64. The SMILES string of the molecule is COc1ccc(N2C(=O)[C@@H](Oc3ccccc3)[C@H]2/C=C/[N+](=O)[O-])cc1. The van der Waals surface area contributed by atoms with E-state index in [0.29, 0.717) is 17.2 Å². The van der Waals surface area contributed by atoms with E-state index in [1.165, 1.54) is 11.0 Å². The summed E-state index contributed by atoms with van der Waals surface area (Å²) in [6.07, 6.45) is 1.38. The topological polar surface area (TPSA) is 81.9 Å². The molecule has 0 aliphatic carbocycles. The number of β-lactam (4-membered cyclic amide) rings is 1. The third-order valence-corrected chi connectivity index (χ3v) is 3.85. The number of nitrogens with zero attached hydrogens (tertiary/aromatic N) is 2. The maximum absolute atomic E-state index is 12.5. The molecule has 1 saturated heterocycles. The van der Waals surface area contributed by atoms with E-state index in [4.69, 9.17) is 9.47 Å². The molecular weight excluding hydrogens is 324 g/mol. The van der Waals surface area contributed by atoms with Gasteiger partial charge in [-0.1, -0.05) is 18.2 Å². The van der Waals surface area contributed by atoms with Gasteiger partial charge in [0.05, 0.1) is 12.0 Å². The molecule has 1 fully saturated rings. The Hall–Kier alpha value is -3.35. The fourth-order valence-corrected chi connectivity index (χ4v) is 2.64. The van der Waals surface area contributed by atoms with Crippen LogP contribution in [0.15, 0.2) is 66.9 Å². The van der Waals surface area contributed by atoms with Gasteiger partial charge in [-0.3, -0.25) is 19.8 Å². The molecule has 0 bridgehead atoms. The van der Waals surface area contributed by atoms with Gasteiger partial charge in [-0.15, -0.1) is 0 Å². The van der Waals surface area contributed by atoms with E-state index in [0.717, 1.165) is 6.20 Å². The van der Waals surface area contributed by atoms with Gasteiger partial charge in [0.15, 0.2) is 0 Å². The summed E-state index contributed by atoms with van der Waals surface area (Å²) in [4.78, 5) is 24.1. The first-order valence-corrected chi connectivity index (χ1v) is 7.61. The standard InChI is InChI=1S/C18H16N2O5/c1-24-14-9-7-13(8-10-14)20-16(11-12-19(22)23)17(18(20)21)25-15-5-3-2-4-6-15/h2-12,16-17H,1H3/b12-11+/t16-,17+/m1/s1. The molecular formula is C18H16N2O5. The number of carbonyl (C=O) groups is 1. The van der Waals surface area contributed by atoms with Gasteiger partial charge in [0.25, 0.3) is 5.91 Å². The van der Waals surface area contributed by atoms with Crippen molar-refractivity contribution in [3.8, 4) is 11.5 Å². The molecule has 0 spiro atoms. The lowest BCUT2D eigenvalue weighted by Gasteiger charge is -2.44. The van der Waals surface area contributed by atoms with E-state index in [1.807, 2.05) is 6.07 Å². The van der Waals surface area contributed by atoms with Gasteiger partial charge in [0, 0.05) is 11.8 Å². The van der Waals surface area contributed by atoms with E-state index in [2.05, 4.69) is 0 Å². The second-order valence-corrected chi connectivity index (χ2v) is 5.38. The Bertz CT molecular complexity index is 789. The van der Waals surface area contributed by atoms with E-state index >= 15 is 0 Å². The van der Waals surface area contributed by atoms with Gasteiger partial charge in [-0.25, -0.2) is 0 Å². The number of amides is 1. The van der Waals surface area contributed by atoms with Crippen molar-refractivity contribution in [2.75, 3.05) is 12.0 Å². The monoisotopic (exact) mass is 340 g/mol. The molecule has 0 N–H and O–H groups in total. The van der Waals surface area contributed by atoms with E-state index < -0.39 is 17.1 Å². The Morgan fingerprint density at radius 3 is 2.36 bits per heavy atom. The van der Waals surface area contributed by atoms with Crippen molar-refractivity contribution < 1.29 is 19.2 Å². The molecule has 2 aromatic carbocycles. The summed E-state index contributed by atoms with van der Waals surface area (Å²) in [5, 5.41) is 10.7. The second kappa shape index (κ2) is 7.04. The molecule has 1 aliphatic heterocycles. The lowest BCUT2D eigenvalue weighted by atomic mass is 9.96. The lowest BCUT2D eigenvalue weighted by Crippen LogP contribution is -2.66.